The maximum absolute atomic E-state index is 11.4. The lowest BCUT2D eigenvalue weighted by atomic mass is 10.0. The molecule has 1 unspecified atom stereocenters. The van der Waals surface area contributed by atoms with Crippen LogP contribution >= 0.6 is 0 Å². The lowest BCUT2D eigenvalue weighted by Crippen LogP contribution is -2.51. The molecule has 19 heavy (non-hydrogen) atoms. The second-order valence-corrected chi connectivity index (χ2v) is 5.12. The molecule has 104 valence electrons. The number of piperazine rings is 1. The summed E-state index contributed by atoms with van der Waals surface area (Å²) >= 11 is 0. The van der Waals surface area contributed by atoms with Crippen LogP contribution in [-0.4, -0.2) is 54.9 Å². The highest BCUT2D eigenvalue weighted by Crippen LogP contribution is 2.13. The molecular formula is C15H23N3O. The SMILES string of the molecule is CCN1CCN(C(C=O)Cc2cccc(N)c2)CC1. The fourth-order valence-electron chi connectivity index (χ4n) is 2.64. The standard InChI is InChI=1S/C15H23N3O/c1-2-17-6-8-18(9-7-17)15(12-19)11-13-4-3-5-14(16)10-13/h3-5,10,12,15H,2,6-9,11,16H2,1H3. The van der Waals surface area contributed by atoms with E-state index in [1.165, 1.54) is 0 Å². The Hall–Kier alpha value is -1.39. The summed E-state index contributed by atoms with van der Waals surface area (Å²) in [6.07, 6.45) is 1.82. The third kappa shape index (κ3) is 3.78. The number of carbonyl (C=O) groups is 1. The van der Waals surface area contributed by atoms with Crippen LogP contribution in [-0.2, 0) is 11.2 Å². The molecule has 1 aromatic rings. The fourth-order valence-corrected chi connectivity index (χ4v) is 2.64. The molecule has 1 saturated heterocycles. The number of carbonyl (C=O) groups excluding carboxylic acids is 1. The topological polar surface area (TPSA) is 49.6 Å². The van der Waals surface area contributed by atoms with E-state index in [0.717, 1.165) is 56.7 Å². The maximum Gasteiger partial charge on any atom is 0.137 e. The van der Waals surface area contributed by atoms with Gasteiger partial charge in [0.25, 0.3) is 0 Å². The van der Waals surface area contributed by atoms with Gasteiger partial charge in [-0.25, -0.2) is 0 Å². The van der Waals surface area contributed by atoms with Crippen LogP contribution < -0.4 is 5.73 Å². The van der Waals surface area contributed by atoms with E-state index in [1.54, 1.807) is 0 Å². The number of anilines is 1. The Kier molecular flexibility index (Phi) is 4.93. The van der Waals surface area contributed by atoms with Gasteiger partial charge in [-0.3, -0.25) is 4.90 Å². The van der Waals surface area contributed by atoms with Crippen molar-refractivity contribution in [3.05, 3.63) is 29.8 Å². The van der Waals surface area contributed by atoms with Crippen LogP contribution in [0.4, 0.5) is 5.69 Å². The van der Waals surface area contributed by atoms with Crippen LogP contribution in [0.1, 0.15) is 12.5 Å². The predicted molar refractivity (Wildman–Crippen MR) is 78.1 cm³/mol. The van der Waals surface area contributed by atoms with Crippen LogP contribution in [0.25, 0.3) is 0 Å². The first-order chi connectivity index (χ1) is 9.22. The van der Waals surface area contributed by atoms with E-state index in [-0.39, 0.29) is 6.04 Å². The van der Waals surface area contributed by atoms with Crippen LogP contribution in [0.15, 0.2) is 24.3 Å². The van der Waals surface area contributed by atoms with Crippen molar-refractivity contribution in [2.75, 3.05) is 38.5 Å². The molecule has 0 spiro atoms. The van der Waals surface area contributed by atoms with Crippen molar-refractivity contribution in [1.29, 1.82) is 0 Å². The number of likely N-dealkylation sites (N-methyl/N-ethyl adjacent to an activating group) is 1. The van der Waals surface area contributed by atoms with Gasteiger partial charge in [-0.2, -0.15) is 0 Å². The zero-order chi connectivity index (χ0) is 13.7. The Morgan fingerprint density at radius 1 is 1.32 bits per heavy atom. The average molecular weight is 261 g/mol. The van der Waals surface area contributed by atoms with Gasteiger partial charge >= 0.3 is 0 Å². The number of nitrogens with two attached hydrogens (primary N) is 1. The normalized spacial score (nSPS) is 19.2. The number of nitrogens with zero attached hydrogens (tertiary/aromatic N) is 2. The van der Waals surface area contributed by atoms with Crippen LogP contribution in [0.5, 0.6) is 0 Å². The van der Waals surface area contributed by atoms with Crippen molar-refractivity contribution in [2.45, 2.75) is 19.4 Å². The molecule has 1 fully saturated rings. The number of hydrogen-bond donors (Lipinski definition) is 1. The number of hydrogen-bond acceptors (Lipinski definition) is 4. The molecule has 1 heterocycles. The minimum absolute atomic E-state index is 0.0270. The Labute approximate surface area is 115 Å². The molecule has 4 heteroatoms. The van der Waals surface area contributed by atoms with E-state index in [0.29, 0.717) is 0 Å². The average Bonchev–Trinajstić information content (AvgIpc) is 2.45. The molecule has 4 nitrogen and oxygen atoms in total. The number of aldehydes is 1. The minimum atomic E-state index is -0.0270. The lowest BCUT2D eigenvalue weighted by molar-refractivity contribution is -0.113. The quantitative estimate of drug-likeness (QED) is 0.635. The van der Waals surface area contributed by atoms with E-state index in [4.69, 9.17) is 5.73 Å². The highest BCUT2D eigenvalue weighted by Gasteiger charge is 2.22. The second-order valence-electron chi connectivity index (χ2n) is 5.12. The van der Waals surface area contributed by atoms with Crippen molar-refractivity contribution in [3.8, 4) is 0 Å². The second kappa shape index (κ2) is 6.68. The highest BCUT2D eigenvalue weighted by molar-refractivity contribution is 5.59. The maximum atomic E-state index is 11.4. The molecule has 0 aromatic heterocycles. The zero-order valence-corrected chi connectivity index (χ0v) is 11.6. The smallest absolute Gasteiger partial charge is 0.137 e. The van der Waals surface area contributed by atoms with Crippen molar-refractivity contribution in [2.24, 2.45) is 0 Å². The van der Waals surface area contributed by atoms with Gasteiger partial charge in [0.05, 0.1) is 6.04 Å². The molecule has 0 amide bonds. The molecule has 1 atom stereocenters. The van der Waals surface area contributed by atoms with Crippen molar-refractivity contribution >= 4 is 12.0 Å². The minimum Gasteiger partial charge on any atom is -0.399 e. The largest absolute Gasteiger partial charge is 0.399 e. The summed E-state index contributed by atoms with van der Waals surface area (Å²) < 4.78 is 0. The third-order valence-corrected chi connectivity index (χ3v) is 3.88. The first-order valence-corrected chi connectivity index (χ1v) is 6.99. The Morgan fingerprint density at radius 3 is 2.63 bits per heavy atom. The Bertz CT molecular complexity index is 414. The van der Waals surface area contributed by atoms with Gasteiger partial charge in [0.15, 0.2) is 0 Å². The zero-order valence-electron chi connectivity index (χ0n) is 11.6. The summed E-state index contributed by atoms with van der Waals surface area (Å²) in [7, 11) is 0. The van der Waals surface area contributed by atoms with Crippen LogP contribution in [0.2, 0.25) is 0 Å². The van der Waals surface area contributed by atoms with Crippen LogP contribution in [0, 0.1) is 0 Å². The molecule has 1 aromatic carbocycles. The molecule has 1 aliphatic heterocycles. The fraction of sp³-hybridized carbons (Fsp3) is 0.533. The van der Waals surface area contributed by atoms with E-state index < -0.39 is 0 Å². The van der Waals surface area contributed by atoms with Crippen molar-refractivity contribution < 1.29 is 4.79 Å². The van der Waals surface area contributed by atoms with E-state index in [9.17, 15) is 4.79 Å². The monoisotopic (exact) mass is 261 g/mol. The number of nitrogen functional groups attached to an aromatic ring is 1. The summed E-state index contributed by atoms with van der Waals surface area (Å²) in [6.45, 7) is 7.32. The molecule has 2 N–H and O–H groups in total. The van der Waals surface area contributed by atoms with Gasteiger partial charge in [0, 0.05) is 31.9 Å². The molecule has 0 saturated carbocycles. The summed E-state index contributed by atoms with van der Waals surface area (Å²) in [5, 5.41) is 0. The first-order valence-electron chi connectivity index (χ1n) is 6.99. The molecule has 0 aliphatic carbocycles. The first kappa shape index (κ1) is 14.0. The highest BCUT2D eigenvalue weighted by atomic mass is 16.1. The third-order valence-electron chi connectivity index (χ3n) is 3.88. The lowest BCUT2D eigenvalue weighted by Gasteiger charge is -2.37. The van der Waals surface area contributed by atoms with E-state index >= 15 is 0 Å². The predicted octanol–water partition coefficient (Wildman–Crippen LogP) is 1.02. The summed E-state index contributed by atoms with van der Waals surface area (Å²) in [5.74, 6) is 0. The van der Waals surface area contributed by atoms with E-state index in [2.05, 4.69) is 16.7 Å². The van der Waals surface area contributed by atoms with Crippen molar-refractivity contribution in [1.82, 2.24) is 9.80 Å². The van der Waals surface area contributed by atoms with Crippen molar-refractivity contribution in [3.63, 3.8) is 0 Å². The summed E-state index contributed by atoms with van der Waals surface area (Å²) in [4.78, 5) is 16.1. The molecule has 1 aliphatic rings. The van der Waals surface area contributed by atoms with Gasteiger partial charge in [-0.1, -0.05) is 19.1 Å². The molecule has 0 bridgehead atoms. The van der Waals surface area contributed by atoms with Gasteiger partial charge in [-0.15, -0.1) is 0 Å². The Balaban J connectivity index is 1.95. The van der Waals surface area contributed by atoms with Crippen LogP contribution in [0.3, 0.4) is 0 Å². The summed E-state index contributed by atoms with van der Waals surface area (Å²) in [6, 6.07) is 7.79. The van der Waals surface area contributed by atoms with Gasteiger partial charge in [0.1, 0.15) is 6.29 Å². The number of rotatable bonds is 5. The van der Waals surface area contributed by atoms with Gasteiger partial charge in [-0.05, 0) is 30.7 Å². The van der Waals surface area contributed by atoms with Gasteiger partial charge in [0.2, 0.25) is 0 Å². The molecular weight excluding hydrogens is 238 g/mol. The van der Waals surface area contributed by atoms with Gasteiger partial charge < -0.3 is 15.4 Å². The molecule has 0 radical (unpaired) electrons. The molecule has 2 rings (SSSR count). The number of benzene rings is 1. The summed E-state index contributed by atoms with van der Waals surface area (Å²) in [5.41, 5.74) is 7.68. The Morgan fingerprint density at radius 2 is 2.05 bits per heavy atom. The van der Waals surface area contributed by atoms with E-state index in [1.807, 2.05) is 24.3 Å².